The Labute approximate surface area is 193 Å². The first kappa shape index (κ1) is 21.7. The SMILES string of the molecule is CCC1(C)C(C)=Nc2c(F)cc(C3=NCN(c4ccc(N5CCCCC5)cn4)C=C3F)cc21. The Morgan fingerprint density at radius 3 is 2.55 bits per heavy atom. The van der Waals surface area contributed by atoms with Gasteiger partial charge >= 0.3 is 0 Å². The molecule has 0 saturated carbocycles. The van der Waals surface area contributed by atoms with Gasteiger partial charge in [0.05, 0.1) is 11.9 Å². The molecule has 0 bridgehead atoms. The quantitative estimate of drug-likeness (QED) is 0.570. The first-order valence-corrected chi connectivity index (χ1v) is 11.7. The van der Waals surface area contributed by atoms with Gasteiger partial charge in [-0.25, -0.2) is 13.8 Å². The lowest BCUT2D eigenvalue weighted by atomic mass is 9.77. The zero-order valence-electron chi connectivity index (χ0n) is 19.4. The van der Waals surface area contributed by atoms with E-state index in [1.165, 1.54) is 31.5 Å². The van der Waals surface area contributed by atoms with E-state index in [0.29, 0.717) is 17.1 Å². The van der Waals surface area contributed by atoms with Crippen molar-refractivity contribution >= 4 is 28.6 Å². The second-order valence-corrected chi connectivity index (χ2v) is 9.25. The van der Waals surface area contributed by atoms with E-state index in [9.17, 15) is 4.39 Å². The maximum atomic E-state index is 15.2. The predicted octanol–water partition coefficient (Wildman–Crippen LogP) is 6.06. The van der Waals surface area contributed by atoms with Gasteiger partial charge in [0.25, 0.3) is 0 Å². The number of fused-ring (bicyclic) bond motifs is 1. The minimum Gasteiger partial charge on any atom is -0.370 e. The molecule has 1 saturated heterocycles. The number of allylic oxidation sites excluding steroid dienone is 1. The smallest absolute Gasteiger partial charge is 0.165 e. The van der Waals surface area contributed by atoms with Gasteiger partial charge in [0.15, 0.2) is 5.83 Å². The van der Waals surface area contributed by atoms with Gasteiger partial charge in [0, 0.05) is 36.0 Å². The van der Waals surface area contributed by atoms with E-state index in [4.69, 9.17) is 0 Å². The van der Waals surface area contributed by atoms with Crippen LogP contribution in [-0.4, -0.2) is 36.2 Å². The van der Waals surface area contributed by atoms with Crippen LogP contribution < -0.4 is 9.80 Å². The molecule has 7 heteroatoms. The van der Waals surface area contributed by atoms with Crippen LogP contribution in [0.4, 0.5) is 26.0 Å². The van der Waals surface area contributed by atoms with Crippen molar-refractivity contribution in [1.82, 2.24) is 4.98 Å². The van der Waals surface area contributed by atoms with Crippen molar-refractivity contribution in [2.75, 3.05) is 29.6 Å². The van der Waals surface area contributed by atoms with Crippen LogP contribution >= 0.6 is 0 Å². The summed E-state index contributed by atoms with van der Waals surface area (Å²) in [6.07, 6.45) is 7.71. The Morgan fingerprint density at radius 1 is 1.09 bits per heavy atom. The molecule has 0 amide bonds. The highest BCUT2D eigenvalue weighted by Gasteiger charge is 2.37. The Morgan fingerprint density at radius 2 is 1.88 bits per heavy atom. The number of piperidine rings is 1. The number of pyridine rings is 1. The lowest BCUT2D eigenvalue weighted by molar-refractivity contribution is 0.577. The van der Waals surface area contributed by atoms with Crippen LogP contribution in [0.3, 0.4) is 0 Å². The second kappa shape index (κ2) is 8.36. The number of halogens is 2. The molecule has 0 N–H and O–H groups in total. The van der Waals surface area contributed by atoms with Crippen LogP contribution in [-0.2, 0) is 5.41 Å². The molecule has 1 unspecified atom stereocenters. The number of aromatic nitrogens is 1. The maximum absolute atomic E-state index is 15.2. The molecule has 1 aromatic carbocycles. The monoisotopic (exact) mass is 449 g/mol. The van der Waals surface area contributed by atoms with Gasteiger partial charge in [0.1, 0.15) is 29.7 Å². The highest BCUT2D eigenvalue weighted by atomic mass is 19.1. The Kier molecular flexibility index (Phi) is 5.51. The molecule has 2 aromatic rings. The molecule has 0 aliphatic carbocycles. The van der Waals surface area contributed by atoms with E-state index in [0.717, 1.165) is 36.5 Å². The number of aliphatic imine (C=N–C) groups is 2. The van der Waals surface area contributed by atoms with E-state index >= 15 is 4.39 Å². The van der Waals surface area contributed by atoms with E-state index < -0.39 is 11.6 Å². The molecule has 3 aliphatic heterocycles. The Hall–Kier alpha value is -3.09. The minimum absolute atomic E-state index is 0.167. The van der Waals surface area contributed by atoms with Crippen molar-refractivity contribution in [1.29, 1.82) is 0 Å². The number of anilines is 2. The van der Waals surface area contributed by atoms with Crippen molar-refractivity contribution in [3.63, 3.8) is 0 Å². The number of hydrogen-bond donors (Lipinski definition) is 0. The molecule has 5 rings (SSSR count). The van der Waals surface area contributed by atoms with Gasteiger partial charge in [-0.15, -0.1) is 0 Å². The van der Waals surface area contributed by atoms with E-state index in [2.05, 4.69) is 33.7 Å². The summed E-state index contributed by atoms with van der Waals surface area (Å²) in [5.74, 6) is -0.306. The van der Waals surface area contributed by atoms with E-state index in [-0.39, 0.29) is 17.8 Å². The van der Waals surface area contributed by atoms with Crippen LogP contribution in [0.5, 0.6) is 0 Å². The molecule has 1 atom stereocenters. The fourth-order valence-electron chi connectivity index (χ4n) is 4.92. The largest absolute Gasteiger partial charge is 0.370 e. The molecule has 0 radical (unpaired) electrons. The lowest BCUT2D eigenvalue weighted by Crippen LogP contribution is -2.29. The van der Waals surface area contributed by atoms with Crippen LogP contribution in [0.1, 0.15) is 57.6 Å². The van der Waals surface area contributed by atoms with Gasteiger partial charge in [0.2, 0.25) is 0 Å². The first-order chi connectivity index (χ1) is 15.9. The van der Waals surface area contributed by atoms with E-state index in [1.54, 1.807) is 4.90 Å². The Bertz CT molecular complexity index is 1160. The van der Waals surface area contributed by atoms with Crippen LogP contribution in [0, 0.1) is 5.82 Å². The van der Waals surface area contributed by atoms with Crippen LogP contribution in [0.25, 0.3) is 0 Å². The number of nitrogens with zero attached hydrogens (tertiary/aromatic N) is 5. The molecule has 4 heterocycles. The summed E-state index contributed by atoms with van der Waals surface area (Å²) in [7, 11) is 0. The summed E-state index contributed by atoms with van der Waals surface area (Å²) >= 11 is 0. The highest BCUT2D eigenvalue weighted by molar-refractivity contribution is 6.13. The number of rotatable bonds is 4. The molecule has 0 spiro atoms. The zero-order valence-corrected chi connectivity index (χ0v) is 19.4. The minimum atomic E-state index is -0.503. The normalized spacial score (nSPS) is 22.6. The summed E-state index contributed by atoms with van der Waals surface area (Å²) in [6.45, 7) is 8.34. The van der Waals surface area contributed by atoms with Gasteiger partial charge in [-0.05, 0) is 62.4 Å². The first-order valence-electron chi connectivity index (χ1n) is 11.7. The molecule has 3 aliphatic rings. The van der Waals surface area contributed by atoms with Crippen LogP contribution in [0.2, 0.25) is 0 Å². The van der Waals surface area contributed by atoms with Gasteiger partial charge < -0.3 is 9.80 Å². The fraction of sp³-hybridized carbons (Fsp3) is 0.423. The molecule has 1 aromatic heterocycles. The van der Waals surface area contributed by atoms with Crippen molar-refractivity contribution in [2.45, 2.75) is 51.9 Å². The molecular weight excluding hydrogens is 420 g/mol. The standard InChI is InChI=1S/C26H29F2N5/c1-4-26(3)17(2)31-25-20(26)12-18(13-21(25)27)24-22(28)15-33(16-30-24)23-9-8-19(14-29-23)32-10-6-5-7-11-32/h8-9,12-15H,4-7,10-11,16H2,1-3H3. The number of benzene rings is 1. The van der Waals surface area contributed by atoms with Crippen LogP contribution in [0.15, 0.2) is 52.5 Å². The average Bonchev–Trinajstić information content (AvgIpc) is 3.10. The van der Waals surface area contributed by atoms with Crippen molar-refractivity contribution in [2.24, 2.45) is 9.98 Å². The average molecular weight is 450 g/mol. The summed E-state index contributed by atoms with van der Waals surface area (Å²) in [5, 5.41) is 0. The summed E-state index contributed by atoms with van der Waals surface area (Å²) in [6, 6.07) is 7.11. The van der Waals surface area contributed by atoms with Gasteiger partial charge in [-0.3, -0.25) is 9.98 Å². The molecule has 33 heavy (non-hydrogen) atoms. The van der Waals surface area contributed by atoms with Gasteiger partial charge in [-0.2, -0.15) is 0 Å². The predicted molar refractivity (Wildman–Crippen MR) is 130 cm³/mol. The number of hydrogen-bond acceptors (Lipinski definition) is 5. The lowest BCUT2D eigenvalue weighted by Gasteiger charge is -2.29. The summed E-state index contributed by atoms with van der Waals surface area (Å²) in [4.78, 5) is 17.4. The van der Waals surface area contributed by atoms with E-state index in [1.807, 2.05) is 31.3 Å². The summed E-state index contributed by atoms with van der Waals surface area (Å²) in [5.41, 5.74) is 3.38. The van der Waals surface area contributed by atoms with Crippen molar-refractivity contribution < 1.29 is 8.78 Å². The third-order valence-electron chi connectivity index (χ3n) is 7.34. The van der Waals surface area contributed by atoms with Gasteiger partial charge in [-0.1, -0.05) is 13.8 Å². The fourth-order valence-corrected chi connectivity index (χ4v) is 4.92. The molecule has 5 nitrogen and oxygen atoms in total. The maximum Gasteiger partial charge on any atom is 0.165 e. The summed E-state index contributed by atoms with van der Waals surface area (Å²) < 4.78 is 30.1. The van der Waals surface area contributed by atoms with Crippen molar-refractivity contribution in [3.8, 4) is 0 Å². The third kappa shape index (κ3) is 3.73. The molecule has 1 fully saturated rings. The molecule has 172 valence electrons. The topological polar surface area (TPSA) is 44.1 Å². The highest BCUT2D eigenvalue weighted by Crippen LogP contribution is 2.44. The molecular formula is C26H29F2N5. The third-order valence-corrected chi connectivity index (χ3v) is 7.34. The van der Waals surface area contributed by atoms with Crippen molar-refractivity contribution in [3.05, 3.63) is 59.4 Å². The second-order valence-electron chi connectivity index (χ2n) is 9.25. The Balaban J connectivity index is 1.38. The zero-order chi connectivity index (χ0) is 23.2.